The molecule has 0 spiro atoms. The topological polar surface area (TPSA) is 73.1 Å². The molecule has 1 aliphatic rings. The summed E-state index contributed by atoms with van der Waals surface area (Å²) in [6.45, 7) is 3.87. The van der Waals surface area contributed by atoms with E-state index < -0.39 is 0 Å². The number of nitrogens with zero attached hydrogens (tertiary/aromatic N) is 2. The van der Waals surface area contributed by atoms with Crippen molar-refractivity contribution < 1.29 is 4.74 Å². The highest BCUT2D eigenvalue weighted by Crippen LogP contribution is 2.29. The van der Waals surface area contributed by atoms with E-state index in [1.807, 2.05) is 44.2 Å². The highest BCUT2D eigenvalue weighted by Gasteiger charge is 2.23. The normalized spacial score (nSPS) is 15.8. The van der Waals surface area contributed by atoms with Crippen LogP contribution >= 0.6 is 0 Å². The molecule has 1 aliphatic carbocycles. The number of ether oxygens (including phenoxy) is 1. The third kappa shape index (κ3) is 3.20. The van der Waals surface area contributed by atoms with Crippen molar-refractivity contribution >= 4 is 0 Å². The Hall–Kier alpha value is -1.98. The summed E-state index contributed by atoms with van der Waals surface area (Å²) in [5, 5.41) is 8.23. The Morgan fingerprint density at radius 3 is 2.52 bits per heavy atom. The number of benzene rings is 1. The molecule has 1 saturated carbocycles. The van der Waals surface area contributed by atoms with Crippen LogP contribution in [0.15, 0.2) is 30.3 Å². The third-order valence-electron chi connectivity index (χ3n) is 3.66. The molecule has 0 radical (unpaired) electrons. The first-order valence-electron chi connectivity index (χ1n) is 7.21. The zero-order valence-corrected chi connectivity index (χ0v) is 12.3. The van der Waals surface area contributed by atoms with Crippen LogP contribution in [0.2, 0.25) is 0 Å². The lowest BCUT2D eigenvalue weighted by Gasteiger charge is -2.19. The maximum atomic E-state index is 5.77. The van der Waals surface area contributed by atoms with Gasteiger partial charge in [0.05, 0.1) is 23.5 Å². The highest BCUT2D eigenvalue weighted by atomic mass is 16.5. The SMILES string of the molecule is Cc1cc(C(NN)c2ccc(OC3CC3)cc2)c(C)nn1. The second-order valence-corrected chi connectivity index (χ2v) is 5.51. The van der Waals surface area contributed by atoms with E-state index >= 15 is 0 Å². The number of nitrogens with two attached hydrogens (primary N) is 1. The Bertz CT molecular complexity index is 623. The Kier molecular flexibility index (Phi) is 3.86. The molecule has 5 nitrogen and oxygen atoms in total. The van der Waals surface area contributed by atoms with Gasteiger partial charge in [0.25, 0.3) is 0 Å². The number of aryl methyl sites for hydroxylation is 2. The first-order valence-corrected chi connectivity index (χ1v) is 7.21. The molecule has 0 amide bonds. The highest BCUT2D eigenvalue weighted by molar-refractivity contribution is 5.37. The maximum absolute atomic E-state index is 5.77. The van der Waals surface area contributed by atoms with Crippen molar-refractivity contribution in [1.29, 1.82) is 0 Å². The summed E-state index contributed by atoms with van der Waals surface area (Å²) in [5.74, 6) is 6.67. The number of aromatic nitrogens is 2. The summed E-state index contributed by atoms with van der Waals surface area (Å²) in [5.41, 5.74) is 6.74. The van der Waals surface area contributed by atoms with Gasteiger partial charge in [-0.2, -0.15) is 10.2 Å². The maximum Gasteiger partial charge on any atom is 0.119 e. The predicted octanol–water partition coefficient (Wildman–Crippen LogP) is 2.19. The zero-order valence-electron chi connectivity index (χ0n) is 12.3. The van der Waals surface area contributed by atoms with E-state index in [4.69, 9.17) is 10.6 Å². The molecule has 1 heterocycles. The summed E-state index contributed by atoms with van der Waals surface area (Å²) in [6.07, 6.45) is 2.74. The van der Waals surface area contributed by atoms with Gasteiger partial charge in [0.2, 0.25) is 0 Å². The van der Waals surface area contributed by atoms with E-state index in [1.54, 1.807) is 0 Å². The lowest BCUT2D eigenvalue weighted by Crippen LogP contribution is -2.29. The smallest absolute Gasteiger partial charge is 0.119 e. The summed E-state index contributed by atoms with van der Waals surface area (Å²) in [7, 11) is 0. The van der Waals surface area contributed by atoms with Crippen molar-refractivity contribution in [2.45, 2.75) is 38.8 Å². The van der Waals surface area contributed by atoms with Gasteiger partial charge in [0.1, 0.15) is 5.75 Å². The van der Waals surface area contributed by atoms with Gasteiger partial charge in [0, 0.05) is 0 Å². The Balaban J connectivity index is 1.86. The quantitative estimate of drug-likeness (QED) is 0.650. The van der Waals surface area contributed by atoms with Crippen LogP contribution in [-0.2, 0) is 0 Å². The van der Waals surface area contributed by atoms with E-state index in [9.17, 15) is 0 Å². The van der Waals surface area contributed by atoms with Gasteiger partial charge in [-0.3, -0.25) is 5.84 Å². The van der Waals surface area contributed by atoms with Gasteiger partial charge in [-0.05, 0) is 56.0 Å². The molecule has 0 bridgehead atoms. The Labute approximate surface area is 124 Å². The van der Waals surface area contributed by atoms with Crippen molar-refractivity contribution in [2.24, 2.45) is 5.84 Å². The van der Waals surface area contributed by atoms with Crippen LogP contribution in [0, 0.1) is 13.8 Å². The summed E-state index contributed by atoms with van der Waals surface area (Å²) in [6, 6.07) is 9.98. The van der Waals surface area contributed by atoms with Crippen molar-refractivity contribution in [1.82, 2.24) is 15.6 Å². The lowest BCUT2D eigenvalue weighted by atomic mass is 9.98. The average molecular weight is 284 g/mol. The van der Waals surface area contributed by atoms with E-state index in [2.05, 4.69) is 15.6 Å². The third-order valence-corrected chi connectivity index (χ3v) is 3.66. The standard InChI is InChI=1S/C16H20N4O/c1-10-9-15(11(2)20-19-10)16(18-17)12-3-5-13(6-4-12)21-14-7-8-14/h3-6,9,14,16,18H,7-8,17H2,1-2H3. The number of hydrogen-bond acceptors (Lipinski definition) is 5. The van der Waals surface area contributed by atoms with Crippen LogP contribution in [0.25, 0.3) is 0 Å². The predicted molar refractivity (Wildman–Crippen MR) is 80.8 cm³/mol. The fourth-order valence-electron chi connectivity index (χ4n) is 2.34. The first kappa shape index (κ1) is 14.0. The fraction of sp³-hybridized carbons (Fsp3) is 0.375. The van der Waals surface area contributed by atoms with Crippen molar-refractivity contribution in [3.05, 3.63) is 52.8 Å². The molecule has 21 heavy (non-hydrogen) atoms. The second-order valence-electron chi connectivity index (χ2n) is 5.51. The Morgan fingerprint density at radius 2 is 1.90 bits per heavy atom. The zero-order chi connectivity index (χ0) is 14.8. The summed E-state index contributed by atoms with van der Waals surface area (Å²) in [4.78, 5) is 0. The minimum atomic E-state index is -0.103. The molecule has 1 aromatic heterocycles. The van der Waals surface area contributed by atoms with Crippen LogP contribution in [0.5, 0.6) is 5.75 Å². The van der Waals surface area contributed by atoms with E-state index in [0.717, 1.165) is 41.1 Å². The van der Waals surface area contributed by atoms with Crippen LogP contribution in [-0.4, -0.2) is 16.3 Å². The molecule has 3 rings (SSSR count). The molecular weight excluding hydrogens is 264 g/mol. The molecule has 0 saturated heterocycles. The number of nitrogens with one attached hydrogen (secondary N) is 1. The number of rotatable bonds is 5. The van der Waals surface area contributed by atoms with Crippen LogP contribution < -0.4 is 16.0 Å². The molecule has 1 atom stereocenters. The van der Waals surface area contributed by atoms with E-state index in [-0.39, 0.29) is 6.04 Å². The van der Waals surface area contributed by atoms with Gasteiger partial charge >= 0.3 is 0 Å². The molecule has 1 aromatic carbocycles. The molecule has 1 fully saturated rings. The van der Waals surface area contributed by atoms with E-state index in [0.29, 0.717) is 6.10 Å². The van der Waals surface area contributed by atoms with Gasteiger partial charge in [0.15, 0.2) is 0 Å². The molecule has 3 N–H and O–H groups in total. The van der Waals surface area contributed by atoms with Crippen molar-refractivity contribution in [3.8, 4) is 5.75 Å². The average Bonchev–Trinajstić information content (AvgIpc) is 3.29. The molecule has 5 heteroatoms. The number of hydrogen-bond donors (Lipinski definition) is 2. The summed E-state index contributed by atoms with van der Waals surface area (Å²) < 4.78 is 5.77. The first-order chi connectivity index (χ1) is 10.2. The minimum Gasteiger partial charge on any atom is -0.490 e. The van der Waals surface area contributed by atoms with Gasteiger partial charge in [-0.25, -0.2) is 5.43 Å². The molecule has 110 valence electrons. The van der Waals surface area contributed by atoms with Crippen molar-refractivity contribution in [2.75, 3.05) is 0 Å². The van der Waals surface area contributed by atoms with Crippen LogP contribution in [0.1, 0.15) is 41.4 Å². The van der Waals surface area contributed by atoms with Gasteiger partial charge < -0.3 is 4.74 Å². The van der Waals surface area contributed by atoms with Crippen LogP contribution in [0.3, 0.4) is 0 Å². The molecule has 1 unspecified atom stereocenters. The minimum absolute atomic E-state index is 0.103. The molecular formula is C16H20N4O. The van der Waals surface area contributed by atoms with Crippen LogP contribution in [0.4, 0.5) is 0 Å². The van der Waals surface area contributed by atoms with Crippen molar-refractivity contribution in [3.63, 3.8) is 0 Å². The molecule has 0 aliphatic heterocycles. The molecule has 2 aromatic rings. The monoisotopic (exact) mass is 284 g/mol. The van der Waals surface area contributed by atoms with Gasteiger partial charge in [-0.15, -0.1) is 0 Å². The number of hydrazine groups is 1. The fourth-order valence-corrected chi connectivity index (χ4v) is 2.34. The lowest BCUT2D eigenvalue weighted by molar-refractivity contribution is 0.303. The largest absolute Gasteiger partial charge is 0.490 e. The van der Waals surface area contributed by atoms with E-state index in [1.165, 1.54) is 0 Å². The summed E-state index contributed by atoms with van der Waals surface area (Å²) >= 11 is 0. The van der Waals surface area contributed by atoms with Gasteiger partial charge in [-0.1, -0.05) is 12.1 Å². The Morgan fingerprint density at radius 1 is 1.19 bits per heavy atom. The second kappa shape index (κ2) is 5.79.